The highest BCUT2D eigenvalue weighted by atomic mass is 19.1. The van der Waals surface area contributed by atoms with Gasteiger partial charge in [0.25, 0.3) is 0 Å². The van der Waals surface area contributed by atoms with E-state index in [-0.39, 0.29) is 28.3 Å². The van der Waals surface area contributed by atoms with Gasteiger partial charge in [0.05, 0.1) is 17.4 Å². The summed E-state index contributed by atoms with van der Waals surface area (Å²) in [6, 6.07) is 6.30. The largest absolute Gasteiger partial charge is 0.508 e. The van der Waals surface area contributed by atoms with Gasteiger partial charge in [-0.25, -0.2) is 8.78 Å². The van der Waals surface area contributed by atoms with Gasteiger partial charge in [-0.15, -0.1) is 0 Å². The molecule has 4 aliphatic heterocycles. The molecule has 9 nitrogen and oxygen atoms in total. The number of halogens is 2. The first-order valence-electron chi connectivity index (χ1n) is 20.0. The maximum atomic E-state index is 17.2. The van der Waals surface area contributed by atoms with Gasteiger partial charge in [-0.2, -0.15) is 9.97 Å². The van der Waals surface area contributed by atoms with Crippen LogP contribution in [0.25, 0.3) is 22.8 Å². The Balaban J connectivity index is 1.07. The minimum Gasteiger partial charge on any atom is -0.508 e. The van der Waals surface area contributed by atoms with Crippen molar-refractivity contribution >= 4 is 28.6 Å². The number of benzene rings is 2. The Morgan fingerprint density at radius 1 is 1.02 bits per heavy atom. The lowest BCUT2D eigenvalue weighted by atomic mass is 9.60. The minimum atomic E-state index is -1.02. The third kappa shape index (κ3) is 6.15. The third-order valence-corrected chi connectivity index (χ3v) is 13.8. The van der Waals surface area contributed by atoms with Crippen molar-refractivity contribution in [2.24, 2.45) is 10.8 Å². The van der Waals surface area contributed by atoms with Crippen LogP contribution < -0.4 is 25.5 Å². The van der Waals surface area contributed by atoms with E-state index in [2.05, 4.69) is 10.2 Å². The van der Waals surface area contributed by atoms with Gasteiger partial charge in [-0.3, -0.25) is 4.90 Å². The standard InChI is InChI=1S/C42H53F2N5O4/c1-3-29-32(43)9-8-26-19-28(50)20-30(34(26)29)36-35(44)37-31(23-45-36)38(48-15-5-10-40(2,51)24-48)47-39(46-37)53-25-42-11-4-7-33(42)49(16-6-12-42)27-21-41(22-27)13-17-52-18-14-41/h8-9,19-20,23,27,33,36,45,50-51H,3-7,10-18,21-22,24-25H2,1-2H3/t33?,36?,40-,42?/m1/s1. The SMILES string of the molecule is CCc1c(F)ccc2cc(O)cc(C3NC=c4c(N5CCC[C@@](C)(O)C5)nc(OCC56CCCC5N(C5CC7(CCOCC7)C5)CCC6)nc4=C3F)c12. The van der Waals surface area contributed by atoms with Crippen LogP contribution in [0.2, 0.25) is 0 Å². The van der Waals surface area contributed by atoms with Crippen molar-refractivity contribution in [2.75, 3.05) is 44.4 Å². The van der Waals surface area contributed by atoms with Crippen LogP contribution in [-0.2, 0) is 11.2 Å². The molecule has 3 unspecified atom stereocenters. The predicted octanol–water partition coefficient (Wildman–Crippen LogP) is 5.52. The van der Waals surface area contributed by atoms with Crippen molar-refractivity contribution < 1.29 is 28.5 Å². The van der Waals surface area contributed by atoms with E-state index < -0.39 is 17.5 Å². The summed E-state index contributed by atoms with van der Waals surface area (Å²) in [5.74, 6) is -0.419. The molecule has 9 rings (SSSR count). The summed E-state index contributed by atoms with van der Waals surface area (Å²) in [6.07, 6.45) is 14.1. The summed E-state index contributed by atoms with van der Waals surface area (Å²) in [7, 11) is 0. The number of hydrogen-bond donors (Lipinski definition) is 3. The van der Waals surface area contributed by atoms with Gasteiger partial charge in [0.15, 0.2) is 5.83 Å². The van der Waals surface area contributed by atoms with Crippen LogP contribution in [0.3, 0.4) is 0 Å². The molecule has 1 spiro atoms. The Hall–Kier alpha value is -3.54. The Morgan fingerprint density at radius 3 is 2.60 bits per heavy atom. The van der Waals surface area contributed by atoms with Crippen molar-refractivity contribution in [3.63, 3.8) is 0 Å². The van der Waals surface area contributed by atoms with E-state index in [1.54, 1.807) is 18.3 Å². The summed E-state index contributed by atoms with van der Waals surface area (Å²) in [4.78, 5) is 14.6. The van der Waals surface area contributed by atoms with Crippen LogP contribution in [0, 0.1) is 16.6 Å². The fourth-order valence-corrected chi connectivity index (χ4v) is 11.1. The number of aromatic hydroxyl groups is 1. The van der Waals surface area contributed by atoms with Crippen molar-refractivity contribution in [1.82, 2.24) is 20.2 Å². The lowest BCUT2D eigenvalue weighted by Gasteiger charge is -2.58. The number of fused-ring (bicyclic) bond motifs is 3. The van der Waals surface area contributed by atoms with Crippen LogP contribution in [0.15, 0.2) is 24.3 Å². The molecule has 2 aromatic carbocycles. The zero-order valence-corrected chi connectivity index (χ0v) is 31.1. The molecule has 0 radical (unpaired) electrons. The summed E-state index contributed by atoms with van der Waals surface area (Å²) >= 11 is 0. The molecule has 1 aromatic heterocycles. The first kappa shape index (κ1) is 35.2. The fourth-order valence-electron chi connectivity index (χ4n) is 11.1. The molecule has 2 aliphatic carbocycles. The van der Waals surface area contributed by atoms with Crippen LogP contribution in [0.1, 0.15) is 102 Å². The van der Waals surface area contributed by atoms with Crippen LogP contribution in [0.5, 0.6) is 11.8 Å². The van der Waals surface area contributed by atoms with Gasteiger partial charge in [-0.1, -0.05) is 19.4 Å². The topological polar surface area (TPSA) is 103 Å². The van der Waals surface area contributed by atoms with E-state index in [9.17, 15) is 10.2 Å². The average Bonchev–Trinajstić information content (AvgIpc) is 3.57. The quantitative estimate of drug-likeness (QED) is 0.290. The number of piperidine rings is 2. The molecule has 0 amide bonds. The van der Waals surface area contributed by atoms with Crippen molar-refractivity contribution in [1.29, 1.82) is 0 Å². The van der Waals surface area contributed by atoms with E-state index >= 15 is 8.78 Å². The number of rotatable bonds is 7. The molecule has 0 bridgehead atoms. The minimum absolute atomic E-state index is 0.00944. The van der Waals surface area contributed by atoms with E-state index in [1.165, 1.54) is 44.2 Å². The van der Waals surface area contributed by atoms with E-state index in [1.807, 2.05) is 18.7 Å². The Labute approximate surface area is 310 Å². The Bertz CT molecular complexity index is 2030. The number of nitrogens with zero attached hydrogens (tertiary/aromatic N) is 4. The monoisotopic (exact) mass is 729 g/mol. The Morgan fingerprint density at radius 2 is 1.81 bits per heavy atom. The number of anilines is 1. The van der Waals surface area contributed by atoms with Gasteiger partial charge >= 0.3 is 6.01 Å². The lowest BCUT2D eigenvalue weighted by molar-refractivity contribution is -0.112. The van der Waals surface area contributed by atoms with Gasteiger partial charge in [0.1, 0.15) is 28.8 Å². The van der Waals surface area contributed by atoms with Gasteiger partial charge in [0.2, 0.25) is 0 Å². The highest BCUT2D eigenvalue weighted by Gasteiger charge is 2.55. The molecule has 11 heteroatoms. The fraction of sp³-hybridized carbons (Fsp3) is 0.619. The smallest absolute Gasteiger partial charge is 0.319 e. The average molecular weight is 730 g/mol. The number of ether oxygens (including phenoxy) is 2. The molecular weight excluding hydrogens is 676 g/mol. The zero-order valence-electron chi connectivity index (χ0n) is 31.1. The molecule has 5 fully saturated rings. The number of β-amino-alcohol motifs (C(OH)–C–C–N with tert-alkyl or cyclic N) is 1. The molecule has 53 heavy (non-hydrogen) atoms. The number of aliphatic hydroxyl groups is 1. The number of aromatic nitrogens is 2. The summed E-state index contributed by atoms with van der Waals surface area (Å²) in [5.41, 5.74) is 0.443. The molecule has 3 saturated heterocycles. The number of nitrogens with one attached hydrogen (secondary N) is 1. The highest BCUT2D eigenvalue weighted by molar-refractivity contribution is 5.92. The zero-order chi connectivity index (χ0) is 36.5. The number of aryl methyl sites for hydroxylation is 1. The number of phenols is 1. The molecule has 284 valence electrons. The van der Waals surface area contributed by atoms with Crippen molar-refractivity contribution in [2.45, 2.75) is 115 Å². The maximum Gasteiger partial charge on any atom is 0.319 e. The van der Waals surface area contributed by atoms with Gasteiger partial charge in [-0.05, 0) is 130 Å². The summed E-state index contributed by atoms with van der Waals surface area (Å²) in [6.45, 7) is 8.09. The molecule has 6 aliphatic rings. The van der Waals surface area contributed by atoms with E-state index in [4.69, 9.17) is 19.4 Å². The highest BCUT2D eigenvalue weighted by Crippen LogP contribution is 2.55. The molecule has 4 atom stereocenters. The van der Waals surface area contributed by atoms with E-state index in [0.717, 1.165) is 51.9 Å². The van der Waals surface area contributed by atoms with Crippen molar-refractivity contribution in [3.8, 4) is 11.8 Å². The normalized spacial score (nSPS) is 30.1. The second-order valence-corrected chi connectivity index (χ2v) is 17.3. The molecule has 5 heterocycles. The summed E-state index contributed by atoms with van der Waals surface area (Å²) in [5, 5.41) is 26.8. The second kappa shape index (κ2) is 13.3. The number of likely N-dealkylation sites (tertiary alicyclic amines) is 1. The molecule has 2 saturated carbocycles. The molecular formula is C42H53F2N5O4. The van der Waals surface area contributed by atoms with Gasteiger partial charge < -0.3 is 29.9 Å². The first-order valence-corrected chi connectivity index (χ1v) is 20.0. The summed E-state index contributed by atoms with van der Waals surface area (Å²) < 4.78 is 44.7. The second-order valence-electron chi connectivity index (χ2n) is 17.3. The van der Waals surface area contributed by atoms with Crippen LogP contribution in [0.4, 0.5) is 14.6 Å². The predicted molar refractivity (Wildman–Crippen MR) is 200 cm³/mol. The van der Waals surface area contributed by atoms with Gasteiger partial charge in [0, 0.05) is 50.0 Å². The maximum absolute atomic E-state index is 17.2. The third-order valence-electron chi connectivity index (χ3n) is 13.8. The Kier molecular flexibility index (Phi) is 8.85. The number of hydrogen-bond acceptors (Lipinski definition) is 9. The van der Waals surface area contributed by atoms with Crippen LogP contribution in [-0.4, -0.2) is 82.2 Å². The van der Waals surface area contributed by atoms with Crippen LogP contribution >= 0.6 is 0 Å². The number of phenolic OH excluding ortho intramolecular Hbond substituents is 1. The first-order chi connectivity index (χ1) is 25.6. The molecule has 3 aromatic rings. The van der Waals surface area contributed by atoms with Crippen molar-refractivity contribution in [3.05, 3.63) is 51.8 Å². The lowest BCUT2D eigenvalue weighted by Crippen LogP contribution is -2.61. The molecule has 3 N–H and O–H groups in total. The van der Waals surface area contributed by atoms with E-state index in [0.29, 0.717) is 83.0 Å².